The van der Waals surface area contributed by atoms with Crippen LogP contribution in [0.3, 0.4) is 0 Å². The van der Waals surface area contributed by atoms with E-state index in [1.54, 1.807) is 0 Å². The van der Waals surface area contributed by atoms with Crippen LogP contribution < -0.4 is 15.5 Å². The summed E-state index contributed by atoms with van der Waals surface area (Å²) < 4.78 is 5.84. The molecular formula is C22H34IN5O. The summed E-state index contributed by atoms with van der Waals surface area (Å²) in [7, 11) is 0. The highest BCUT2D eigenvalue weighted by molar-refractivity contribution is 14.0. The van der Waals surface area contributed by atoms with Crippen molar-refractivity contribution in [2.75, 3.05) is 31.1 Å². The fourth-order valence-electron chi connectivity index (χ4n) is 3.33. The quantitative estimate of drug-likeness (QED) is 0.346. The number of nitrogens with one attached hydrogen (secondary N) is 2. The van der Waals surface area contributed by atoms with Gasteiger partial charge in [-0.15, -0.1) is 24.0 Å². The van der Waals surface area contributed by atoms with E-state index >= 15 is 0 Å². The van der Waals surface area contributed by atoms with Crippen LogP contribution in [0, 0.1) is 5.92 Å². The van der Waals surface area contributed by atoms with Gasteiger partial charge in [-0.3, -0.25) is 0 Å². The Morgan fingerprint density at radius 3 is 2.66 bits per heavy atom. The van der Waals surface area contributed by atoms with Crippen molar-refractivity contribution in [1.29, 1.82) is 0 Å². The normalized spacial score (nSPS) is 17.2. The lowest BCUT2D eigenvalue weighted by molar-refractivity contribution is 0.383. The lowest BCUT2D eigenvalue weighted by atomic mass is 9.94. The minimum absolute atomic E-state index is 0. The molecule has 0 saturated carbocycles. The van der Waals surface area contributed by atoms with E-state index in [1.165, 1.54) is 12.1 Å². The number of aromatic nitrogens is 1. The Morgan fingerprint density at radius 2 is 2.00 bits per heavy atom. The maximum absolute atomic E-state index is 5.84. The third-order valence-electron chi connectivity index (χ3n) is 4.97. The predicted octanol–water partition coefficient (Wildman–Crippen LogP) is 4.17. The summed E-state index contributed by atoms with van der Waals surface area (Å²) in [5, 5.41) is 6.80. The van der Waals surface area contributed by atoms with Crippen molar-refractivity contribution in [1.82, 2.24) is 15.6 Å². The van der Waals surface area contributed by atoms with Crippen LogP contribution in [0.4, 0.5) is 5.69 Å². The van der Waals surface area contributed by atoms with Crippen LogP contribution in [0.15, 0.2) is 45.9 Å². The highest BCUT2D eigenvalue weighted by Crippen LogP contribution is 2.24. The summed E-state index contributed by atoms with van der Waals surface area (Å²) in [6, 6.07) is 10.6. The third-order valence-corrected chi connectivity index (χ3v) is 4.97. The van der Waals surface area contributed by atoms with Crippen molar-refractivity contribution in [2.45, 2.75) is 46.1 Å². The number of oxazole rings is 1. The van der Waals surface area contributed by atoms with E-state index in [9.17, 15) is 0 Å². The van der Waals surface area contributed by atoms with Crippen LogP contribution in [0.25, 0.3) is 0 Å². The van der Waals surface area contributed by atoms with E-state index in [1.807, 2.05) is 6.20 Å². The fourth-order valence-corrected chi connectivity index (χ4v) is 3.33. The highest BCUT2D eigenvalue weighted by atomic mass is 127. The van der Waals surface area contributed by atoms with Gasteiger partial charge < -0.3 is 20.0 Å². The third kappa shape index (κ3) is 6.90. The molecule has 1 fully saturated rings. The molecule has 1 aromatic heterocycles. The summed E-state index contributed by atoms with van der Waals surface area (Å²) in [4.78, 5) is 11.5. The van der Waals surface area contributed by atoms with Gasteiger partial charge in [0.2, 0.25) is 5.89 Å². The van der Waals surface area contributed by atoms with Crippen LogP contribution >= 0.6 is 24.0 Å². The van der Waals surface area contributed by atoms with E-state index in [0.29, 0.717) is 18.4 Å². The van der Waals surface area contributed by atoms with Crippen molar-refractivity contribution >= 4 is 35.6 Å². The Kier molecular flexibility index (Phi) is 8.79. The largest absolute Gasteiger partial charge is 0.443 e. The first kappa shape index (κ1) is 23.5. The van der Waals surface area contributed by atoms with Crippen molar-refractivity contribution in [2.24, 2.45) is 10.9 Å². The lowest BCUT2D eigenvalue weighted by Crippen LogP contribution is -2.40. The number of nitrogens with zero attached hydrogens (tertiary/aromatic N) is 3. The summed E-state index contributed by atoms with van der Waals surface area (Å²) >= 11 is 0. The van der Waals surface area contributed by atoms with Gasteiger partial charge in [0, 0.05) is 37.3 Å². The molecule has 1 aliphatic heterocycles. The van der Waals surface area contributed by atoms with Gasteiger partial charge >= 0.3 is 0 Å². The molecule has 1 unspecified atom stereocenters. The van der Waals surface area contributed by atoms with Crippen LogP contribution in [0.1, 0.15) is 45.8 Å². The zero-order valence-corrected chi connectivity index (χ0v) is 20.3. The Balaban J connectivity index is 0.00000300. The van der Waals surface area contributed by atoms with Crippen molar-refractivity contribution in [3.63, 3.8) is 0 Å². The maximum atomic E-state index is 5.84. The highest BCUT2D eigenvalue weighted by Gasteiger charge is 2.23. The second kappa shape index (κ2) is 10.8. The molecule has 29 heavy (non-hydrogen) atoms. The van der Waals surface area contributed by atoms with Gasteiger partial charge in [0.25, 0.3) is 0 Å². The summed E-state index contributed by atoms with van der Waals surface area (Å²) in [5.74, 6) is 2.97. The van der Waals surface area contributed by atoms with Gasteiger partial charge in [-0.1, -0.05) is 39.0 Å². The van der Waals surface area contributed by atoms with E-state index < -0.39 is 0 Å². The molecule has 2 heterocycles. The molecule has 160 valence electrons. The predicted molar refractivity (Wildman–Crippen MR) is 130 cm³/mol. The van der Waals surface area contributed by atoms with Gasteiger partial charge in [0.15, 0.2) is 5.96 Å². The van der Waals surface area contributed by atoms with Crippen LogP contribution in [0.2, 0.25) is 0 Å². The number of hydrogen-bond acceptors (Lipinski definition) is 4. The molecule has 0 radical (unpaired) electrons. The van der Waals surface area contributed by atoms with Gasteiger partial charge in [-0.25, -0.2) is 9.98 Å². The molecule has 1 atom stereocenters. The molecule has 0 aliphatic carbocycles. The average Bonchev–Trinajstić information content (AvgIpc) is 3.34. The van der Waals surface area contributed by atoms with E-state index in [2.05, 4.69) is 83.5 Å². The molecule has 1 aliphatic rings. The van der Waals surface area contributed by atoms with E-state index in [-0.39, 0.29) is 29.4 Å². The SMILES string of the molecule is CCNC(=NCc1ncc(C(C)(C)C)o1)NCC1CCN(c2ccccc2)C1.I. The summed E-state index contributed by atoms with van der Waals surface area (Å²) in [6.07, 6.45) is 3.00. The Labute approximate surface area is 191 Å². The molecule has 0 bridgehead atoms. The number of rotatable bonds is 6. The number of para-hydroxylation sites is 1. The second-order valence-corrected chi connectivity index (χ2v) is 8.38. The Hall–Kier alpha value is -1.77. The first-order valence-electron chi connectivity index (χ1n) is 10.2. The second-order valence-electron chi connectivity index (χ2n) is 8.38. The molecule has 3 rings (SSSR count). The number of aliphatic imine (C=N–C) groups is 1. The van der Waals surface area contributed by atoms with Crippen molar-refractivity contribution < 1.29 is 4.42 Å². The molecule has 0 amide bonds. The van der Waals surface area contributed by atoms with Gasteiger partial charge in [-0.2, -0.15) is 0 Å². The Morgan fingerprint density at radius 1 is 1.24 bits per heavy atom. The van der Waals surface area contributed by atoms with Crippen LogP contribution in [-0.2, 0) is 12.0 Å². The smallest absolute Gasteiger partial charge is 0.216 e. The molecule has 7 heteroatoms. The molecule has 2 N–H and O–H groups in total. The molecule has 2 aromatic rings. The van der Waals surface area contributed by atoms with Crippen LogP contribution in [-0.4, -0.2) is 37.1 Å². The Bertz CT molecular complexity index is 769. The van der Waals surface area contributed by atoms with E-state index in [4.69, 9.17) is 4.42 Å². The molecule has 1 saturated heterocycles. The zero-order chi connectivity index (χ0) is 20.0. The summed E-state index contributed by atoms with van der Waals surface area (Å²) in [5.41, 5.74) is 1.27. The van der Waals surface area contributed by atoms with E-state index in [0.717, 1.165) is 37.9 Å². The molecule has 0 spiro atoms. The minimum atomic E-state index is -0.0369. The summed E-state index contributed by atoms with van der Waals surface area (Å²) in [6.45, 7) is 12.8. The van der Waals surface area contributed by atoms with Crippen LogP contribution in [0.5, 0.6) is 0 Å². The van der Waals surface area contributed by atoms with Crippen molar-refractivity contribution in [3.8, 4) is 0 Å². The topological polar surface area (TPSA) is 65.7 Å². The molecule has 1 aromatic carbocycles. The van der Waals surface area contributed by atoms with Crippen molar-refractivity contribution in [3.05, 3.63) is 48.2 Å². The standard InChI is InChI=1S/C22H33N5O.HI/c1-5-23-21(26-15-20-24-14-19(28-20)22(2,3)4)25-13-17-11-12-27(16-17)18-9-7-6-8-10-18;/h6-10,14,17H,5,11-13,15-16H2,1-4H3,(H2,23,25,26);1H. The monoisotopic (exact) mass is 511 g/mol. The zero-order valence-electron chi connectivity index (χ0n) is 17.9. The minimum Gasteiger partial charge on any atom is -0.443 e. The fraction of sp³-hybridized carbons (Fsp3) is 0.545. The number of halogens is 1. The molecular weight excluding hydrogens is 477 g/mol. The first-order chi connectivity index (χ1) is 13.5. The first-order valence-corrected chi connectivity index (χ1v) is 10.2. The lowest BCUT2D eigenvalue weighted by Gasteiger charge is -2.19. The number of anilines is 1. The number of guanidine groups is 1. The maximum Gasteiger partial charge on any atom is 0.216 e. The number of benzene rings is 1. The van der Waals surface area contributed by atoms with Gasteiger partial charge in [0.1, 0.15) is 12.3 Å². The molecule has 6 nitrogen and oxygen atoms in total. The number of hydrogen-bond donors (Lipinski definition) is 2. The average molecular weight is 511 g/mol. The van der Waals surface area contributed by atoms with Gasteiger partial charge in [-0.05, 0) is 31.4 Å². The van der Waals surface area contributed by atoms with Gasteiger partial charge in [0.05, 0.1) is 6.20 Å².